The molecule has 0 unspecified atom stereocenters. The molecule has 1 aromatic carbocycles. The number of esters is 1. The monoisotopic (exact) mass is 427 g/mol. The van der Waals surface area contributed by atoms with Gasteiger partial charge in [0.1, 0.15) is 17.3 Å². The number of amides is 2. The number of aryl methyl sites for hydroxylation is 1. The van der Waals surface area contributed by atoms with Gasteiger partial charge in [0.05, 0.1) is 19.4 Å². The van der Waals surface area contributed by atoms with Crippen LogP contribution in [0.25, 0.3) is 0 Å². The molecule has 3 aromatic rings. The zero-order valence-corrected chi connectivity index (χ0v) is 17.8. The largest absolute Gasteiger partial charge is 0.467 e. The second kappa shape index (κ2) is 9.97. The number of hydrogen-bond donors (Lipinski definition) is 2. The van der Waals surface area contributed by atoms with Crippen LogP contribution in [0.1, 0.15) is 45.6 Å². The lowest BCUT2D eigenvalue weighted by molar-refractivity contribution is 0.0519. The van der Waals surface area contributed by atoms with Gasteiger partial charge in [-0.1, -0.05) is 12.1 Å². The molecule has 0 radical (unpaired) electrons. The fourth-order valence-corrected chi connectivity index (χ4v) is 3.31. The van der Waals surface area contributed by atoms with Gasteiger partial charge >= 0.3 is 12.0 Å². The van der Waals surface area contributed by atoms with Gasteiger partial charge in [0.25, 0.3) is 0 Å². The van der Waals surface area contributed by atoms with E-state index >= 15 is 0 Å². The number of ether oxygens (including phenoxy) is 1. The van der Waals surface area contributed by atoms with Gasteiger partial charge in [-0.3, -0.25) is 0 Å². The second-order valence-corrected chi connectivity index (χ2v) is 7.17. The number of H-pyrrole nitrogens is 1. The average Bonchev–Trinajstić information content (AvgIpc) is 3.36. The Balaban J connectivity index is 1.78. The number of carbonyl (C=O) groups excluding carboxylic acids is 2. The third kappa shape index (κ3) is 5.53. The molecule has 0 aliphatic rings. The smallest absolute Gasteiger partial charge is 0.355 e. The van der Waals surface area contributed by atoms with E-state index in [4.69, 9.17) is 9.15 Å². The first-order chi connectivity index (χ1) is 14.9. The summed E-state index contributed by atoms with van der Waals surface area (Å²) in [6.45, 7) is 6.49. The van der Waals surface area contributed by atoms with Crippen molar-refractivity contribution in [1.29, 1.82) is 0 Å². The molecular formula is C23H26FN3O4. The lowest BCUT2D eigenvalue weighted by Gasteiger charge is -2.23. The predicted molar refractivity (Wildman–Crippen MR) is 113 cm³/mol. The van der Waals surface area contributed by atoms with E-state index in [9.17, 15) is 14.0 Å². The number of hydrogen-bond acceptors (Lipinski definition) is 4. The Morgan fingerprint density at radius 2 is 1.90 bits per heavy atom. The molecule has 7 nitrogen and oxygen atoms in total. The number of urea groups is 1. The summed E-state index contributed by atoms with van der Waals surface area (Å²) in [7, 11) is 0. The molecule has 2 heterocycles. The van der Waals surface area contributed by atoms with Gasteiger partial charge in [-0.15, -0.1) is 0 Å². The molecule has 0 saturated heterocycles. The number of furan rings is 1. The summed E-state index contributed by atoms with van der Waals surface area (Å²) < 4.78 is 23.6. The number of nitrogens with one attached hydrogen (secondary N) is 2. The Bertz CT molecular complexity index is 1030. The summed E-state index contributed by atoms with van der Waals surface area (Å²) in [5.41, 5.74) is 3.54. The first-order valence-corrected chi connectivity index (χ1v) is 10.0. The Morgan fingerprint density at radius 1 is 1.16 bits per heavy atom. The number of benzene rings is 1. The highest BCUT2D eigenvalue weighted by molar-refractivity contribution is 5.89. The van der Waals surface area contributed by atoms with Crippen LogP contribution in [0.5, 0.6) is 0 Å². The first-order valence-electron chi connectivity index (χ1n) is 10.0. The van der Waals surface area contributed by atoms with Gasteiger partial charge in [-0.05, 0) is 61.7 Å². The highest BCUT2D eigenvalue weighted by Gasteiger charge is 2.23. The molecule has 0 bridgehead atoms. The SMILES string of the molecule is CCOC(=O)c1[nH]c(C)c(CN(Cc2ccco2)C(=O)NCc2ccc(F)cc2)c1C. The standard InChI is InChI=1S/C23H26FN3O4/c1-4-30-22(28)21-15(2)20(16(3)26-21)14-27(13-19-6-5-11-31-19)23(29)25-12-17-7-9-18(24)10-8-17/h5-11,26H,4,12-14H2,1-3H3,(H,25,29). The van der Waals surface area contributed by atoms with Crippen LogP contribution in [-0.2, 0) is 24.4 Å². The number of halogens is 1. The molecule has 0 spiro atoms. The Hall–Kier alpha value is -3.55. The molecule has 31 heavy (non-hydrogen) atoms. The van der Waals surface area contributed by atoms with E-state index in [2.05, 4.69) is 10.3 Å². The fraction of sp³-hybridized carbons (Fsp3) is 0.304. The van der Waals surface area contributed by atoms with Crippen molar-refractivity contribution >= 4 is 12.0 Å². The quantitative estimate of drug-likeness (QED) is 0.520. The van der Waals surface area contributed by atoms with Crippen LogP contribution >= 0.6 is 0 Å². The zero-order valence-electron chi connectivity index (χ0n) is 17.8. The third-order valence-corrected chi connectivity index (χ3v) is 4.99. The van der Waals surface area contributed by atoms with E-state index in [-0.39, 0.29) is 38.1 Å². The van der Waals surface area contributed by atoms with Gasteiger partial charge in [-0.2, -0.15) is 0 Å². The van der Waals surface area contributed by atoms with Gasteiger partial charge in [0.2, 0.25) is 0 Å². The molecule has 0 atom stereocenters. The molecule has 164 valence electrons. The van der Waals surface area contributed by atoms with Crippen molar-refractivity contribution in [3.63, 3.8) is 0 Å². The van der Waals surface area contributed by atoms with Gasteiger partial charge in [-0.25, -0.2) is 14.0 Å². The Kier molecular flexibility index (Phi) is 7.12. The Labute approximate surface area is 180 Å². The van der Waals surface area contributed by atoms with E-state index in [1.165, 1.54) is 12.1 Å². The molecular weight excluding hydrogens is 401 g/mol. The van der Waals surface area contributed by atoms with Gasteiger partial charge in [0, 0.05) is 18.8 Å². The first kappa shape index (κ1) is 22.1. The molecule has 0 aliphatic heterocycles. The molecule has 0 saturated carbocycles. The third-order valence-electron chi connectivity index (χ3n) is 4.99. The van der Waals surface area contributed by atoms with Crippen molar-refractivity contribution in [2.24, 2.45) is 0 Å². The minimum Gasteiger partial charge on any atom is -0.467 e. The maximum absolute atomic E-state index is 13.1. The van der Waals surface area contributed by atoms with Crippen LogP contribution in [0.4, 0.5) is 9.18 Å². The van der Waals surface area contributed by atoms with Gasteiger partial charge in [0.15, 0.2) is 0 Å². The average molecular weight is 427 g/mol. The number of nitrogens with zero attached hydrogens (tertiary/aromatic N) is 1. The second-order valence-electron chi connectivity index (χ2n) is 7.17. The topological polar surface area (TPSA) is 87.6 Å². The minimum atomic E-state index is -0.423. The predicted octanol–water partition coefficient (Wildman–Crippen LogP) is 4.45. The Morgan fingerprint density at radius 3 is 2.55 bits per heavy atom. The summed E-state index contributed by atoms with van der Waals surface area (Å²) in [5, 5.41) is 2.86. The minimum absolute atomic E-state index is 0.251. The van der Waals surface area contributed by atoms with Crippen LogP contribution in [0, 0.1) is 19.7 Å². The van der Waals surface area contributed by atoms with Crippen molar-refractivity contribution in [1.82, 2.24) is 15.2 Å². The van der Waals surface area contributed by atoms with Crippen LogP contribution < -0.4 is 5.32 Å². The molecule has 0 fully saturated rings. The maximum atomic E-state index is 13.1. The summed E-state index contributed by atoms with van der Waals surface area (Å²) >= 11 is 0. The van der Waals surface area contributed by atoms with E-state index < -0.39 is 5.97 Å². The van der Waals surface area contributed by atoms with Crippen molar-refractivity contribution in [2.75, 3.05) is 6.61 Å². The number of carbonyl (C=O) groups is 2. The number of aromatic nitrogens is 1. The molecule has 8 heteroatoms. The van der Waals surface area contributed by atoms with Crippen LogP contribution in [-0.4, -0.2) is 28.5 Å². The van der Waals surface area contributed by atoms with Crippen molar-refractivity contribution in [3.8, 4) is 0 Å². The van der Waals surface area contributed by atoms with E-state index in [1.54, 1.807) is 42.4 Å². The highest BCUT2D eigenvalue weighted by Crippen LogP contribution is 2.22. The van der Waals surface area contributed by atoms with Gasteiger partial charge < -0.3 is 24.4 Å². The fourth-order valence-electron chi connectivity index (χ4n) is 3.31. The molecule has 2 aromatic heterocycles. The van der Waals surface area contributed by atoms with Crippen molar-refractivity contribution in [2.45, 2.75) is 40.4 Å². The van der Waals surface area contributed by atoms with Crippen LogP contribution in [0.15, 0.2) is 47.1 Å². The van der Waals surface area contributed by atoms with E-state index in [0.29, 0.717) is 11.5 Å². The van der Waals surface area contributed by atoms with Crippen LogP contribution in [0.3, 0.4) is 0 Å². The number of rotatable bonds is 8. The number of aromatic amines is 1. The summed E-state index contributed by atoms with van der Waals surface area (Å²) in [6, 6.07) is 9.20. The summed E-state index contributed by atoms with van der Waals surface area (Å²) in [4.78, 5) is 29.8. The van der Waals surface area contributed by atoms with E-state index in [1.807, 2.05) is 13.8 Å². The maximum Gasteiger partial charge on any atom is 0.355 e. The highest BCUT2D eigenvalue weighted by atomic mass is 19.1. The summed E-state index contributed by atoms with van der Waals surface area (Å²) in [6.07, 6.45) is 1.55. The molecule has 2 amide bonds. The zero-order chi connectivity index (χ0) is 22.4. The van der Waals surface area contributed by atoms with Crippen LogP contribution in [0.2, 0.25) is 0 Å². The molecule has 0 aliphatic carbocycles. The summed E-state index contributed by atoms with van der Waals surface area (Å²) in [5.74, 6) is -0.119. The normalized spacial score (nSPS) is 10.7. The van der Waals surface area contributed by atoms with E-state index in [0.717, 1.165) is 22.4 Å². The lowest BCUT2D eigenvalue weighted by atomic mass is 10.1. The van der Waals surface area contributed by atoms with Crippen molar-refractivity contribution < 1.29 is 23.1 Å². The molecule has 2 N–H and O–H groups in total. The molecule has 3 rings (SSSR count). The lowest BCUT2D eigenvalue weighted by Crippen LogP contribution is -2.38. The van der Waals surface area contributed by atoms with Crippen molar-refractivity contribution in [3.05, 3.63) is 82.3 Å².